The van der Waals surface area contributed by atoms with Crippen molar-refractivity contribution in [3.05, 3.63) is 0 Å². The number of hydrogen-bond acceptors (Lipinski definition) is 6. The fourth-order valence-electron chi connectivity index (χ4n) is 8.20. The zero-order valence-electron chi connectivity index (χ0n) is 40.7. The van der Waals surface area contributed by atoms with E-state index in [1.165, 1.54) is 155 Å². The van der Waals surface area contributed by atoms with Crippen molar-refractivity contribution < 1.29 is 39.0 Å². The van der Waals surface area contributed by atoms with E-state index in [1.807, 2.05) is 0 Å². The molecule has 0 bridgehead atoms. The molecular formula is C50H96N4O8. The monoisotopic (exact) mass is 881 g/mol. The maximum absolute atomic E-state index is 12.9. The van der Waals surface area contributed by atoms with Gasteiger partial charge in [-0.1, -0.05) is 201 Å². The van der Waals surface area contributed by atoms with Gasteiger partial charge in [-0.15, -0.1) is 0 Å². The molecule has 7 N–H and O–H groups in total. The average molecular weight is 881 g/mol. The molecule has 0 aliphatic rings. The van der Waals surface area contributed by atoms with Gasteiger partial charge in [0.1, 0.15) is 11.6 Å². The number of carboxylic acids is 2. The van der Waals surface area contributed by atoms with Gasteiger partial charge in [0.2, 0.25) is 23.6 Å². The van der Waals surface area contributed by atoms with Gasteiger partial charge in [-0.3, -0.25) is 19.2 Å². The number of unbranched alkanes of at least 4 members (excludes halogenated alkanes) is 24. The molecule has 364 valence electrons. The van der Waals surface area contributed by atoms with Crippen molar-refractivity contribution in [1.82, 2.24) is 10.2 Å². The van der Waals surface area contributed by atoms with Crippen molar-refractivity contribution in [2.45, 2.75) is 265 Å². The molecule has 0 aromatic heterocycles. The normalized spacial score (nSPS) is 12.6. The van der Waals surface area contributed by atoms with Gasteiger partial charge in [0.25, 0.3) is 0 Å². The zero-order chi connectivity index (χ0) is 47.0. The minimum Gasteiger partial charge on any atom is -0.480 e. The molecule has 0 heterocycles. The second kappa shape index (κ2) is 40.6. The predicted molar refractivity (Wildman–Crippen MR) is 253 cm³/mol. The molecule has 62 heavy (non-hydrogen) atoms. The number of nitrogens with zero attached hydrogens (tertiary/aromatic N) is 1. The van der Waals surface area contributed by atoms with Crippen molar-refractivity contribution in [2.75, 3.05) is 6.54 Å². The molecule has 0 spiro atoms. The van der Waals surface area contributed by atoms with Crippen LogP contribution < -0.4 is 16.8 Å². The molecule has 4 amide bonds. The van der Waals surface area contributed by atoms with Crippen molar-refractivity contribution >= 4 is 35.6 Å². The number of nitrogens with one attached hydrogen (secondary N) is 1. The Morgan fingerprint density at radius 2 is 0.823 bits per heavy atom. The first-order chi connectivity index (χ1) is 29.5. The molecule has 12 nitrogen and oxygen atoms in total. The number of carbonyl (C=O) groups is 6. The lowest BCUT2D eigenvalue weighted by molar-refractivity contribution is -0.160. The summed E-state index contributed by atoms with van der Waals surface area (Å²) in [6.45, 7) is 12.3. The first kappa shape index (κ1) is 60.9. The highest BCUT2D eigenvalue weighted by Gasteiger charge is 2.45. The number of hydrogen-bond donors (Lipinski definition) is 5. The van der Waals surface area contributed by atoms with E-state index in [-0.39, 0.29) is 31.6 Å². The quantitative estimate of drug-likeness (QED) is 0.0371. The molecule has 0 saturated heterocycles. The standard InChI is InChI=1S/C43H84N2O4.C7H12N2O4/c1-38(2)32-28-24-20-16-12-8-6-10-14-18-22-26-30-35-43(42(48)49,36-34-41(44)47)45(40(5)46)37-31-27-23-19-15-11-7-9-13-17-21-25-29-33-39(3)4;1-4(10)9-5(7(12)13)2-3-6(8)11/h38-39H,6-37H2,1-5H3,(H2,44,47)(H,48,49);5H,2-3H2,1H3,(H2,8,11)(H,9,10)(H,12,13)/t43-;5-/m00/s1. The highest BCUT2D eigenvalue weighted by Crippen LogP contribution is 2.31. The number of aliphatic carboxylic acids is 2. The lowest BCUT2D eigenvalue weighted by Gasteiger charge is -2.40. The molecule has 0 aliphatic carbocycles. The zero-order valence-corrected chi connectivity index (χ0v) is 40.7. The fraction of sp³-hybridized carbons (Fsp3) is 0.880. The van der Waals surface area contributed by atoms with Crippen LogP contribution in [0.1, 0.15) is 253 Å². The summed E-state index contributed by atoms with van der Waals surface area (Å²) in [6, 6.07) is -1.04. The molecule has 12 heteroatoms. The van der Waals surface area contributed by atoms with Gasteiger partial charge >= 0.3 is 11.9 Å². The van der Waals surface area contributed by atoms with Crippen LogP contribution in [0.15, 0.2) is 0 Å². The van der Waals surface area contributed by atoms with Crippen LogP contribution in [0.5, 0.6) is 0 Å². The minimum absolute atomic E-state index is 0.0181. The number of nitrogens with two attached hydrogens (primary N) is 2. The van der Waals surface area contributed by atoms with Crippen LogP contribution in [0.3, 0.4) is 0 Å². The van der Waals surface area contributed by atoms with E-state index in [4.69, 9.17) is 16.6 Å². The van der Waals surface area contributed by atoms with Gasteiger partial charge in [-0.05, 0) is 37.5 Å². The number of primary amides is 2. The first-order valence-corrected chi connectivity index (χ1v) is 25.0. The van der Waals surface area contributed by atoms with Gasteiger partial charge in [-0.25, -0.2) is 9.59 Å². The summed E-state index contributed by atoms with van der Waals surface area (Å²) in [5.41, 5.74) is 8.94. The van der Waals surface area contributed by atoms with Crippen molar-refractivity contribution in [1.29, 1.82) is 0 Å². The highest BCUT2D eigenvalue weighted by atomic mass is 16.4. The Hall–Kier alpha value is -3.18. The Morgan fingerprint density at radius 3 is 1.11 bits per heavy atom. The van der Waals surface area contributed by atoms with Crippen LogP contribution in [-0.4, -0.2) is 68.8 Å². The summed E-state index contributed by atoms with van der Waals surface area (Å²) < 4.78 is 0. The lowest BCUT2D eigenvalue weighted by Crippen LogP contribution is -2.57. The van der Waals surface area contributed by atoms with Gasteiger partial charge in [0.05, 0.1) is 0 Å². The second-order valence-electron chi connectivity index (χ2n) is 18.9. The SMILES string of the molecule is CC(=O)N(CCCCCCCCCCCCCCCC(C)C)[C@@](CCCCCCCCCCCCCCCC(C)C)(CCC(N)=O)C(=O)O.CC(=O)N[C@@H](CCC(N)=O)C(=O)O. The summed E-state index contributed by atoms with van der Waals surface area (Å²) in [5, 5.41) is 21.2. The smallest absolute Gasteiger partial charge is 0.329 e. The summed E-state index contributed by atoms with van der Waals surface area (Å²) in [4.78, 5) is 70.3. The topological polar surface area (TPSA) is 210 Å². The molecule has 0 saturated carbocycles. The second-order valence-corrected chi connectivity index (χ2v) is 18.9. The molecule has 0 aliphatic heterocycles. The average Bonchev–Trinajstić information content (AvgIpc) is 3.18. The molecule has 2 atom stereocenters. The van der Waals surface area contributed by atoms with E-state index < -0.39 is 41.2 Å². The molecule has 0 aromatic carbocycles. The van der Waals surface area contributed by atoms with Gasteiger partial charge in [0.15, 0.2) is 0 Å². The van der Waals surface area contributed by atoms with Crippen molar-refractivity contribution in [3.8, 4) is 0 Å². The third-order valence-electron chi connectivity index (χ3n) is 12.0. The lowest BCUT2D eigenvalue weighted by atomic mass is 9.84. The van der Waals surface area contributed by atoms with Crippen LogP contribution in [0.4, 0.5) is 0 Å². The van der Waals surface area contributed by atoms with Gasteiger partial charge in [-0.2, -0.15) is 0 Å². The highest BCUT2D eigenvalue weighted by molar-refractivity contribution is 5.87. The van der Waals surface area contributed by atoms with E-state index in [1.54, 1.807) is 4.90 Å². The van der Waals surface area contributed by atoms with E-state index in [9.17, 15) is 33.9 Å². The van der Waals surface area contributed by atoms with Crippen molar-refractivity contribution in [2.24, 2.45) is 23.3 Å². The van der Waals surface area contributed by atoms with Crippen LogP contribution in [0, 0.1) is 11.8 Å². The van der Waals surface area contributed by atoms with E-state index in [2.05, 4.69) is 33.0 Å². The van der Waals surface area contributed by atoms with Crippen LogP contribution >= 0.6 is 0 Å². The van der Waals surface area contributed by atoms with E-state index in [0.717, 1.165) is 50.4 Å². The first-order valence-electron chi connectivity index (χ1n) is 25.0. The van der Waals surface area contributed by atoms with E-state index in [0.29, 0.717) is 13.0 Å². The Balaban J connectivity index is 0. The molecular weight excluding hydrogens is 785 g/mol. The number of carboxylic acid groups (broad SMARTS) is 2. The third kappa shape index (κ3) is 37.4. The Bertz CT molecular complexity index is 1180. The molecule has 0 aromatic rings. The Kier molecular flexibility index (Phi) is 39.9. The fourth-order valence-corrected chi connectivity index (χ4v) is 8.20. The van der Waals surface area contributed by atoms with Crippen LogP contribution in [0.25, 0.3) is 0 Å². The third-order valence-corrected chi connectivity index (χ3v) is 12.0. The largest absolute Gasteiger partial charge is 0.480 e. The molecule has 0 unspecified atom stereocenters. The maximum atomic E-state index is 12.9. The minimum atomic E-state index is -1.36. The molecule has 0 rings (SSSR count). The van der Waals surface area contributed by atoms with Crippen molar-refractivity contribution in [3.63, 3.8) is 0 Å². The summed E-state index contributed by atoms with van der Waals surface area (Å²) in [5.74, 6) is -2.28. The van der Waals surface area contributed by atoms with E-state index >= 15 is 0 Å². The number of rotatable bonds is 42. The van der Waals surface area contributed by atoms with Crippen LogP contribution in [-0.2, 0) is 28.8 Å². The van der Waals surface area contributed by atoms with Crippen LogP contribution in [0.2, 0.25) is 0 Å². The predicted octanol–water partition coefficient (Wildman–Crippen LogP) is 11.4. The maximum Gasteiger partial charge on any atom is 0.329 e. The number of amides is 4. The molecule has 0 fully saturated rings. The summed E-state index contributed by atoms with van der Waals surface area (Å²) in [7, 11) is 0. The molecule has 0 radical (unpaired) electrons. The van der Waals surface area contributed by atoms with Gasteiger partial charge < -0.3 is 31.9 Å². The van der Waals surface area contributed by atoms with Gasteiger partial charge in [0, 0.05) is 33.2 Å². The summed E-state index contributed by atoms with van der Waals surface area (Å²) >= 11 is 0. The summed E-state index contributed by atoms with van der Waals surface area (Å²) in [6.07, 6.45) is 35.3. The Morgan fingerprint density at radius 1 is 0.484 bits per heavy atom. The Labute approximate surface area is 378 Å². The number of carbonyl (C=O) groups excluding carboxylic acids is 4.